The van der Waals surface area contributed by atoms with E-state index in [1.807, 2.05) is 0 Å². The average molecular weight is 415 g/mol. The van der Waals surface area contributed by atoms with Gasteiger partial charge < -0.3 is 9.47 Å². The molecule has 1 heterocycles. The molecule has 2 aromatic rings. The zero-order valence-corrected chi connectivity index (χ0v) is 13.8. The van der Waals surface area contributed by atoms with Crippen LogP contribution in [0.4, 0.5) is 26.3 Å². The van der Waals surface area contributed by atoms with Gasteiger partial charge in [0.1, 0.15) is 17.9 Å². The predicted molar refractivity (Wildman–Crippen MR) is 79.5 cm³/mol. The maximum Gasteiger partial charge on any atom is 0.416 e. The van der Waals surface area contributed by atoms with E-state index in [-0.39, 0.29) is 11.0 Å². The largest absolute Gasteiger partial charge is 0.462 e. The van der Waals surface area contributed by atoms with Crippen LogP contribution in [0.25, 0.3) is 0 Å². The Bertz CT molecular complexity index is 809. The number of hydrogen-bond acceptors (Lipinski definition) is 5. The van der Waals surface area contributed by atoms with Crippen LogP contribution in [0.1, 0.15) is 22.3 Å². The fraction of sp³-hybridized carbons (Fsp3) is 0.267. The highest BCUT2D eigenvalue weighted by Gasteiger charge is 2.33. The van der Waals surface area contributed by atoms with Crippen molar-refractivity contribution >= 4 is 17.6 Å². The molecule has 0 aliphatic heterocycles. The number of carbonyl (C=O) groups is 1. The van der Waals surface area contributed by atoms with Gasteiger partial charge in [-0.2, -0.15) is 26.3 Å². The average Bonchev–Trinajstić information content (AvgIpc) is 2.55. The lowest BCUT2D eigenvalue weighted by molar-refractivity contribution is -0.141. The van der Waals surface area contributed by atoms with Gasteiger partial charge in [0.2, 0.25) is 0 Å². The summed E-state index contributed by atoms with van der Waals surface area (Å²) in [5.41, 5.74) is -1.94. The minimum Gasteiger partial charge on any atom is -0.462 e. The summed E-state index contributed by atoms with van der Waals surface area (Å²) in [6.45, 7) is -1.06. The van der Waals surface area contributed by atoms with Crippen LogP contribution in [0.3, 0.4) is 0 Å². The molecule has 0 aliphatic carbocycles. The third kappa shape index (κ3) is 6.27. The fourth-order valence-electron chi connectivity index (χ4n) is 1.74. The molecular weight excluding hydrogens is 406 g/mol. The number of benzene rings is 1. The molecule has 2 rings (SSSR count). The molecule has 0 amide bonds. The van der Waals surface area contributed by atoms with Crippen LogP contribution in [0.5, 0.6) is 11.8 Å². The molecule has 0 unspecified atom stereocenters. The number of rotatable bonds is 5. The highest BCUT2D eigenvalue weighted by Crippen LogP contribution is 2.34. The van der Waals surface area contributed by atoms with Gasteiger partial charge in [-0.25, -0.2) is 14.8 Å². The third-order valence-corrected chi connectivity index (χ3v) is 3.14. The molecule has 27 heavy (non-hydrogen) atoms. The van der Waals surface area contributed by atoms with Crippen LogP contribution in [-0.4, -0.2) is 28.7 Å². The first kappa shape index (κ1) is 20.7. The quantitative estimate of drug-likeness (QED) is 0.506. The van der Waals surface area contributed by atoms with Crippen molar-refractivity contribution in [2.45, 2.75) is 18.8 Å². The van der Waals surface area contributed by atoms with E-state index in [9.17, 15) is 31.1 Å². The maximum atomic E-state index is 12.9. The van der Waals surface area contributed by atoms with Crippen molar-refractivity contribution < 1.29 is 40.6 Å². The molecule has 0 N–H and O–H groups in total. The number of hydrogen-bond donors (Lipinski definition) is 0. The van der Waals surface area contributed by atoms with Crippen molar-refractivity contribution in [2.75, 3.05) is 6.61 Å². The maximum absolute atomic E-state index is 12.9. The Morgan fingerprint density at radius 3 is 2.26 bits per heavy atom. The molecular formula is C15H9ClF6N2O3. The number of carbonyl (C=O) groups excluding carboxylic acids is 1. The van der Waals surface area contributed by atoms with Gasteiger partial charge in [0.05, 0.1) is 29.4 Å². The van der Waals surface area contributed by atoms with Gasteiger partial charge in [-0.15, -0.1) is 0 Å². The molecule has 0 atom stereocenters. The minimum atomic E-state index is -4.80. The first-order valence-corrected chi connectivity index (χ1v) is 7.44. The first-order chi connectivity index (χ1) is 12.5. The van der Waals surface area contributed by atoms with Crippen molar-refractivity contribution in [3.05, 3.63) is 46.7 Å². The lowest BCUT2D eigenvalue weighted by Crippen LogP contribution is -2.16. The molecule has 0 bridgehead atoms. The molecule has 0 fully saturated rings. The van der Waals surface area contributed by atoms with E-state index in [1.165, 1.54) is 0 Å². The summed E-state index contributed by atoms with van der Waals surface area (Å²) in [4.78, 5) is 19.3. The van der Waals surface area contributed by atoms with Crippen LogP contribution in [0.2, 0.25) is 5.02 Å². The number of aromatic nitrogens is 2. The summed E-state index contributed by atoms with van der Waals surface area (Å²) < 4.78 is 84.5. The van der Waals surface area contributed by atoms with E-state index < -0.39 is 48.2 Å². The van der Waals surface area contributed by atoms with E-state index in [0.29, 0.717) is 12.1 Å². The van der Waals surface area contributed by atoms with Gasteiger partial charge in [-0.3, -0.25) is 0 Å². The Morgan fingerprint density at radius 1 is 1.07 bits per heavy atom. The SMILES string of the molecule is O=C(OCCC(F)(F)F)c1cc(C(F)(F)F)ccc1Oc1ncc(Cl)cn1. The molecule has 0 saturated carbocycles. The summed E-state index contributed by atoms with van der Waals surface area (Å²) in [5.74, 6) is -1.85. The Morgan fingerprint density at radius 2 is 1.70 bits per heavy atom. The topological polar surface area (TPSA) is 61.3 Å². The van der Waals surface area contributed by atoms with E-state index in [2.05, 4.69) is 14.7 Å². The fourth-order valence-corrected chi connectivity index (χ4v) is 1.84. The summed E-state index contributed by atoms with van der Waals surface area (Å²) in [7, 11) is 0. The number of nitrogens with zero attached hydrogens (tertiary/aromatic N) is 2. The Hall–Kier alpha value is -2.56. The zero-order valence-electron chi connectivity index (χ0n) is 13.1. The molecule has 0 saturated heterocycles. The van der Waals surface area contributed by atoms with Gasteiger partial charge in [0.25, 0.3) is 0 Å². The highest BCUT2D eigenvalue weighted by molar-refractivity contribution is 6.30. The smallest absolute Gasteiger partial charge is 0.416 e. The normalized spacial score (nSPS) is 12.0. The van der Waals surface area contributed by atoms with Crippen LogP contribution < -0.4 is 4.74 Å². The molecule has 146 valence electrons. The molecule has 0 radical (unpaired) electrons. The number of alkyl halides is 6. The van der Waals surface area contributed by atoms with Crippen molar-refractivity contribution in [1.29, 1.82) is 0 Å². The van der Waals surface area contributed by atoms with Crippen molar-refractivity contribution in [2.24, 2.45) is 0 Å². The van der Waals surface area contributed by atoms with Crippen molar-refractivity contribution in [1.82, 2.24) is 9.97 Å². The summed E-state index contributed by atoms with van der Waals surface area (Å²) in [5, 5.41) is 0.154. The number of esters is 1. The van der Waals surface area contributed by atoms with E-state index in [1.54, 1.807) is 0 Å². The van der Waals surface area contributed by atoms with Crippen molar-refractivity contribution in [3.8, 4) is 11.8 Å². The summed E-state index contributed by atoms with van der Waals surface area (Å²) in [6, 6.07) is 1.49. The second kappa shape index (κ2) is 7.99. The lowest BCUT2D eigenvalue weighted by Gasteiger charge is -2.13. The second-order valence-corrected chi connectivity index (χ2v) is 5.43. The molecule has 5 nitrogen and oxygen atoms in total. The Kier molecular flexibility index (Phi) is 6.14. The van der Waals surface area contributed by atoms with Crippen LogP contribution in [-0.2, 0) is 10.9 Å². The van der Waals surface area contributed by atoms with Gasteiger partial charge in [-0.05, 0) is 18.2 Å². The minimum absolute atomic E-state index is 0.154. The van der Waals surface area contributed by atoms with Gasteiger partial charge in [-0.1, -0.05) is 11.6 Å². The van der Waals surface area contributed by atoms with Crippen LogP contribution >= 0.6 is 11.6 Å². The van der Waals surface area contributed by atoms with Crippen LogP contribution in [0, 0.1) is 0 Å². The predicted octanol–water partition coefficient (Wildman–Crippen LogP) is 5.05. The molecule has 0 spiro atoms. The van der Waals surface area contributed by atoms with E-state index >= 15 is 0 Å². The molecule has 1 aromatic carbocycles. The van der Waals surface area contributed by atoms with Gasteiger partial charge in [0.15, 0.2) is 0 Å². The first-order valence-electron chi connectivity index (χ1n) is 7.06. The van der Waals surface area contributed by atoms with Crippen LogP contribution in [0.15, 0.2) is 30.6 Å². The summed E-state index contributed by atoms with van der Waals surface area (Å²) in [6.07, 6.45) is -8.57. The van der Waals surface area contributed by atoms with Crippen molar-refractivity contribution in [3.63, 3.8) is 0 Å². The Balaban J connectivity index is 2.29. The van der Waals surface area contributed by atoms with Gasteiger partial charge >= 0.3 is 24.3 Å². The number of ether oxygens (including phenoxy) is 2. The second-order valence-electron chi connectivity index (χ2n) is 5.00. The third-order valence-electron chi connectivity index (χ3n) is 2.94. The summed E-state index contributed by atoms with van der Waals surface area (Å²) >= 11 is 5.59. The van der Waals surface area contributed by atoms with E-state index in [0.717, 1.165) is 18.5 Å². The number of halogens is 7. The van der Waals surface area contributed by atoms with Gasteiger partial charge in [0, 0.05) is 0 Å². The van der Waals surface area contributed by atoms with E-state index in [4.69, 9.17) is 16.3 Å². The monoisotopic (exact) mass is 414 g/mol. The Labute approximate surface area is 152 Å². The molecule has 0 aliphatic rings. The molecule has 12 heteroatoms. The lowest BCUT2D eigenvalue weighted by atomic mass is 10.1. The molecule has 1 aromatic heterocycles. The standard InChI is InChI=1S/C15H9ClF6N2O3/c16-9-6-23-13(24-7-9)27-11-2-1-8(15(20,21)22)5-10(11)12(25)26-4-3-14(17,18)19/h1-2,5-7H,3-4H2. The zero-order chi connectivity index (χ0) is 20.2. The highest BCUT2D eigenvalue weighted by atomic mass is 35.5.